The molecule has 3 aromatic carbocycles. The quantitative estimate of drug-likeness (QED) is 0.0920. The second-order valence-corrected chi connectivity index (χ2v) is 6.79. The number of esters is 1. The van der Waals surface area contributed by atoms with Crippen LogP contribution >= 0.6 is 0 Å². The number of Topliss-reactive ketones (excluding diaryl/α,β-unsaturated/α-hetero) is 1. The molecule has 6 heteroatoms. The minimum absolute atomic E-state index is 0.0832. The van der Waals surface area contributed by atoms with Gasteiger partial charge in [0.05, 0.1) is 11.5 Å². The van der Waals surface area contributed by atoms with E-state index >= 15 is 0 Å². The van der Waals surface area contributed by atoms with Crippen molar-refractivity contribution in [2.45, 2.75) is 6.92 Å². The van der Waals surface area contributed by atoms with Gasteiger partial charge in [-0.25, -0.2) is 4.79 Å². The van der Waals surface area contributed by atoms with Crippen LogP contribution in [0.4, 0.5) is 5.69 Å². The monoisotopic (exact) mass is 427 g/mol. The molecule has 0 atom stereocenters. The van der Waals surface area contributed by atoms with Gasteiger partial charge in [0.2, 0.25) is 5.78 Å². The van der Waals surface area contributed by atoms with Gasteiger partial charge in [0.1, 0.15) is 5.57 Å². The number of allylic oxidation sites excluding steroid dienone is 1. The zero-order valence-electron chi connectivity index (χ0n) is 17.4. The highest BCUT2D eigenvalue weighted by Gasteiger charge is 2.24. The Balaban J connectivity index is 2.10. The summed E-state index contributed by atoms with van der Waals surface area (Å²) in [5.74, 6) is -1.26. The zero-order chi connectivity index (χ0) is 22.9. The molecule has 0 unspecified atom stereocenters. The molecule has 0 heterocycles. The van der Waals surface area contributed by atoms with Crippen molar-refractivity contribution >= 4 is 35.2 Å². The van der Waals surface area contributed by atoms with Gasteiger partial charge >= 0.3 is 5.97 Å². The Kier molecular flexibility index (Phi) is 7.43. The predicted octanol–water partition coefficient (Wildman–Crippen LogP) is 5.35. The Morgan fingerprint density at radius 3 is 1.97 bits per heavy atom. The van der Waals surface area contributed by atoms with Gasteiger partial charge in [0.15, 0.2) is 0 Å². The molecule has 0 bridgehead atoms. The number of benzene rings is 3. The van der Waals surface area contributed by atoms with E-state index in [-0.39, 0.29) is 17.9 Å². The number of carbonyl (C=O) groups excluding carboxylic acids is 2. The lowest BCUT2D eigenvalue weighted by atomic mass is 9.93. The maximum absolute atomic E-state index is 13.6. The first kappa shape index (κ1) is 22.4. The van der Waals surface area contributed by atoms with Gasteiger partial charge in [0, 0.05) is 17.7 Å². The Labute approximate surface area is 185 Å². The molecule has 0 saturated carbocycles. The number of hydrogen-bond acceptors (Lipinski definition) is 5. The molecule has 0 N–H and O–H groups in total. The van der Waals surface area contributed by atoms with Crippen LogP contribution in [0.3, 0.4) is 0 Å². The first-order valence-electron chi connectivity index (χ1n) is 9.99. The second-order valence-electron chi connectivity index (χ2n) is 6.79. The van der Waals surface area contributed by atoms with Gasteiger partial charge < -0.3 is 4.74 Å². The normalized spacial score (nSPS) is 11.7. The molecule has 0 fully saturated rings. The first-order valence-corrected chi connectivity index (χ1v) is 9.99. The third-order valence-corrected chi connectivity index (χ3v) is 4.59. The number of nitrogens with zero attached hydrogens (tertiary/aromatic N) is 1. The van der Waals surface area contributed by atoms with Crippen LogP contribution in [-0.2, 0) is 14.3 Å². The lowest BCUT2D eigenvalue weighted by Crippen LogP contribution is -2.17. The highest BCUT2D eigenvalue weighted by atomic mass is 16.6. The summed E-state index contributed by atoms with van der Waals surface area (Å²) in [7, 11) is 0. The molecular weight excluding hydrogens is 406 g/mol. The number of non-ortho nitro benzene ring substituents is 1. The van der Waals surface area contributed by atoms with Gasteiger partial charge in [-0.2, -0.15) is 0 Å². The molecule has 0 aromatic heterocycles. The summed E-state index contributed by atoms with van der Waals surface area (Å²) in [6.45, 7) is 1.76. The van der Waals surface area contributed by atoms with Crippen LogP contribution in [-0.4, -0.2) is 23.3 Å². The van der Waals surface area contributed by atoms with Crippen LogP contribution in [0.2, 0.25) is 0 Å². The van der Waals surface area contributed by atoms with E-state index in [0.717, 1.165) is 5.56 Å². The van der Waals surface area contributed by atoms with Crippen molar-refractivity contribution in [2.75, 3.05) is 6.61 Å². The summed E-state index contributed by atoms with van der Waals surface area (Å²) in [5, 5.41) is 10.9. The molecule has 3 rings (SSSR count). The highest BCUT2D eigenvalue weighted by Crippen LogP contribution is 2.25. The van der Waals surface area contributed by atoms with Crippen molar-refractivity contribution in [3.05, 3.63) is 117 Å². The van der Waals surface area contributed by atoms with Gasteiger partial charge in [-0.05, 0) is 47.9 Å². The summed E-state index contributed by atoms with van der Waals surface area (Å²) in [4.78, 5) is 36.7. The second kappa shape index (κ2) is 10.6. The van der Waals surface area contributed by atoms with Crippen LogP contribution < -0.4 is 0 Å². The fraction of sp³-hybridized carbons (Fsp3) is 0.0769. The number of ketones is 1. The molecule has 0 aliphatic rings. The number of hydrogen-bond donors (Lipinski definition) is 0. The van der Waals surface area contributed by atoms with Crippen molar-refractivity contribution in [3.8, 4) is 0 Å². The lowest BCUT2D eigenvalue weighted by Gasteiger charge is -2.11. The van der Waals surface area contributed by atoms with Gasteiger partial charge in [-0.3, -0.25) is 14.9 Å². The molecule has 0 aliphatic carbocycles. The average molecular weight is 427 g/mol. The third-order valence-electron chi connectivity index (χ3n) is 4.59. The van der Waals surface area contributed by atoms with Crippen LogP contribution in [0.5, 0.6) is 0 Å². The van der Waals surface area contributed by atoms with Crippen LogP contribution in [0.15, 0.2) is 90.5 Å². The minimum Gasteiger partial charge on any atom is -0.462 e. The summed E-state index contributed by atoms with van der Waals surface area (Å²) >= 11 is 0. The molecule has 160 valence electrons. The maximum atomic E-state index is 13.6. The zero-order valence-corrected chi connectivity index (χ0v) is 17.4. The van der Waals surface area contributed by atoms with Gasteiger partial charge in [-0.1, -0.05) is 60.7 Å². The van der Waals surface area contributed by atoms with Gasteiger partial charge in [-0.15, -0.1) is 0 Å². The fourth-order valence-corrected chi connectivity index (χ4v) is 3.04. The number of nitro benzene ring substituents is 1. The number of ether oxygens (including phenoxy) is 1. The molecule has 3 aromatic rings. The summed E-state index contributed by atoms with van der Waals surface area (Å²) in [6, 6.07) is 24.0. The smallest absolute Gasteiger partial charge is 0.342 e. The molecule has 0 aliphatic heterocycles. The van der Waals surface area contributed by atoms with Crippen molar-refractivity contribution < 1.29 is 19.2 Å². The molecule has 0 amide bonds. The summed E-state index contributed by atoms with van der Waals surface area (Å²) in [5.41, 5.74) is 2.02. The fourth-order valence-electron chi connectivity index (χ4n) is 3.04. The number of rotatable bonds is 8. The van der Waals surface area contributed by atoms with Crippen molar-refractivity contribution in [1.29, 1.82) is 0 Å². The van der Waals surface area contributed by atoms with E-state index in [1.807, 2.05) is 48.5 Å². The van der Waals surface area contributed by atoms with Crippen LogP contribution in [0.1, 0.15) is 23.6 Å². The standard InChI is InChI=1S/C26H21NO5/c1-2-32-26(29)24(18-20-13-15-22(16-14-20)27(30)31)25(28)23(21-11-7-4-8-12-21)17-19-9-5-3-6-10-19/h3-18H,2H2,1H3/b23-17+,24-18-. The number of carbonyl (C=O) groups is 2. The van der Waals surface area contributed by atoms with E-state index < -0.39 is 16.7 Å². The molecule has 0 saturated heterocycles. The topological polar surface area (TPSA) is 86.5 Å². The molecule has 0 radical (unpaired) electrons. The van der Waals surface area contributed by atoms with E-state index in [1.165, 1.54) is 30.3 Å². The Morgan fingerprint density at radius 1 is 0.844 bits per heavy atom. The lowest BCUT2D eigenvalue weighted by molar-refractivity contribution is -0.384. The van der Waals surface area contributed by atoms with E-state index in [0.29, 0.717) is 16.7 Å². The minimum atomic E-state index is -0.759. The van der Waals surface area contributed by atoms with Crippen molar-refractivity contribution in [3.63, 3.8) is 0 Å². The summed E-state index contributed by atoms with van der Waals surface area (Å²) in [6.07, 6.45) is 3.12. The summed E-state index contributed by atoms with van der Waals surface area (Å²) < 4.78 is 5.13. The van der Waals surface area contributed by atoms with E-state index in [2.05, 4.69) is 0 Å². The number of nitro groups is 1. The van der Waals surface area contributed by atoms with E-state index in [9.17, 15) is 19.7 Å². The van der Waals surface area contributed by atoms with Crippen LogP contribution in [0, 0.1) is 10.1 Å². The van der Waals surface area contributed by atoms with Crippen molar-refractivity contribution in [1.82, 2.24) is 0 Å². The Hall–Kier alpha value is -4.32. The molecule has 0 spiro atoms. The van der Waals surface area contributed by atoms with E-state index in [4.69, 9.17) is 4.74 Å². The molecule has 32 heavy (non-hydrogen) atoms. The van der Waals surface area contributed by atoms with Gasteiger partial charge in [0.25, 0.3) is 5.69 Å². The Bertz CT molecular complexity index is 1160. The maximum Gasteiger partial charge on any atom is 0.342 e. The average Bonchev–Trinajstić information content (AvgIpc) is 2.82. The largest absolute Gasteiger partial charge is 0.462 e. The Morgan fingerprint density at radius 2 is 1.41 bits per heavy atom. The third kappa shape index (κ3) is 5.64. The first-order chi connectivity index (χ1) is 15.5. The van der Waals surface area contributed by atoms with Crippen molar-refractivity contribution in [2.24, 2.45) is 0 Å². The molecule has 6 nitrogen and oxygen atoms in total. The SMILES string of the molecule is CCOC(=O)/C(=C\c1ccc([N+](=O)[O-])cc1)C(=O)/C(=C/c1ccccc1)c1ccccc1. The van der Waals surface area contributed by atoms with Crippen LogP contribution in [0.25, 0.3) is 17.7 Å². The molecular formula is C26H21NO5. The van der Waals surface area contributed by atoms with E-state index in [1.54, 1.807) is 25.1 Å². The highest BCUT2D eigenvalue weighted by molar-refractivity contribution is 6.41. The predicted molar refractivity (Wildman–Crippen MR) is 123 cm³/mol.